The van der Waals surface area contributed by atoms with Crippen molar-refractivity contribution >= 4 is 17.3 Å². The van der Waals surface area contributed by atoms with Gasteiger partial charge in [-0.25, -0.2) is 0 Å². The Balaban J connectivity index is 1.53. The summed E-state index contributed by atoms with van der Waals surface area (Å²) in [6.07, 6.45) is 0. The standard InChI is InChI=1S/C25H36N4O/c1-6-27(18-22-10-12-23(13-11-22)26(4)5)19-25(30)29-16-14-28(15-17-29)24-9-7-8-20(2)21(24)3/h7-13H,6,14-19H2,1-5H3/p+1. The lowest BCUT2D eigenvalue weighted by Crippen LogP contribution is -3.11. The molecule has 1 N–H and O–H groups in total. The maximum Gasteiger partial charge on any atom is 0.277 e. The molecule has 1 atom stereocenters. The van der Waals surface area contributed by atoms with Gasteiger partial charge in [0.25, 0.3) is 5.91 Å². The molecule has 0 saturated carbocycles. The first kappa shape index (κ1) is 22.2. The Morgan fingerprint density at radius 3 is 2.27 bits per heavy atom. The smallest absolute Gasteiger partial charge is 0.277 e. The van der Waals surface area contributed by atoms with Crippen LogP contribution in [-0.2, 0) is 11.3 Å². The summed E-state index contributed by atoms with van der Waals surface area (Å²) in [4.78, 5) is 20.8. The van der Waals surface area contributed by atoms with Gasteiger partial charge in [0.1, 0.15) is 6.54 Å². The van der Waals surface area contributed by atoms with Crippen molar-refractivity contribution in [2.24, 2.45) is 0 Å². The monoisotopic (exact) mass is 409 g/mol. The lowest BCUT2D eigenvalue weighted by molar-refractivity contribution is -0.904. The molecule has 5 heteroatoms. The lowest BCUT2D eigenvalue weighted by Gasteiger charge is -2.37. The second-order valence-corrected chi connectivity index (χ2v) is 8.60. The van der Waals surface area contributed by atoms with Crippen LogP contribution in [-0.4, -0.2) is 64.2 Å². The average molecular weight is 410 g/mol. The van der Waals surface area contributed by atoms with Crippen molar-refractivity contribution in [3.8, 4) is 0 Å². The van der Waals surface area contributed by atoms with E-state index >= 15 is 0 Å². The molecule has 3 rings (SSSR count). The molecule has 0 aliphatic carbocycles. The molecule has 1 saturated heterocycles. The van der Waals surface area contributed by atoms with Crippen LogP contribution in [0.4, 0.5) is 11.4 Å². The first-order valence-corrected chi connectivity index (χ1v) is 11.1. The molecule has 2 aromatic rings. The molecule has 1 fully saturated rings. The second kappa shape index (κ2) is 9.98. The second-order valence-electron chi connectivity index (χ2n) is 8.60. The van der Waals surface area contributed by atoms with E-state index in [-0.39, 0.29) is 5.91 Å². The largest absolute Gasteiger partial charge is 0.378 e. The summed E-state index contributed by atoms with van der Waals surface area (Å²) in [5, 5.41) is 0. The molecule has 0 radical (unpaired) electrons. The summed E-state index contributed by atoms with van der Waals surface area (Å²) in [5.74, 6) is 0.275. The van der Waals surface area contributed by atoms with E-state index in [2.05, 4.69) is 87.1 Å². The van der Waals surface area contributed by atoms with Crippen LogP contribution in [0.5, 0.6) is 0 Å². The Kier molecular flexibility index (Phi) is 7.38. The topological polar surface area (TPSA) is 31.2 Å². The van der Waals surface area contributed by atoms with Crippen LogP contribution in [0.3, 0.4) is 0 Å². The van der Waals surface area contributed by atoms with Gasteiger partial charge < -0.3 is 19.6 Å². The number of piperazine rings is 1. The minimum atomic E-state index is 0.275. The highest BCUT2D eigenvalue weighted by molar-refractivity contribution is 5.77. The van der Waals surface area contributed by atoms with E-state index in [0.29, 0.717) is 6.54 Å². The van der Waals surface area contributed by atoms with Crippen molar-refractivity contribution in [1.82, 2.24) is 4.90 Å². The van der Waals surface area contributed by atoms with Crippen LogP contribution in [0.15, 0.2) is 42.5 Å². The number of quaternary nitrogens is 1. The molecule has 1 heterocycles. The summed E-state index contributed by atoms with van der Waals surface area (Å²) in [6, 6.07) is 15.1. The van der Waals surface area contributed by atoms with Crippen LogP contribution >= 0.6 is 0 Å². The quantitative estimate of drug-likeness (QED) is 0.760. The van der Waals surface area contributed by atoms with Gasteiger partial charge in [0.05, 0.1) is 6.54 Å². The van der Waals surface area contributed by atoms with Crippen LogP contribution < -0.4 is 14.7 Å². The Labute approximate surface area is 181 Å². The molecule has 5 nitrogen and oxygen atoms in total. The Morgan fingerprint density at radius 2 is 1.67 bits per heavy atom. The van der Waals surface area contributed by atoms with Gasteiger partial charge in [-0.2, -0.15) is 0 Å². The first-order chi connectivity index (χ1) is 14.4. The van der Waals surface area contributed by atoms with E-state index in [0.717, 1.165) is 39.3 Å². The molecule has 162 valence electrons. The van der Waals surface area contributed by atoms with Gasteiger partial charge in [-0.05, 0) is 50.1 Å². The highest BCUT2D eigenvalue weighted by Crippen LogP contribution is 2.23. The normalized spacial score (nSPS) is 15.2. The van der Waals surface area contributed by atoms with E-state index in [4.69, 9.17) is 0 Å². The van der Waals surface area contributed by atoms with Crippen molar-refractivity contribution in [2.75, 3.05) is 63.2 Å². The molecular weight excluding hydrogens is 372 g/mol. The zero-order valence-corrected chi connectivity index (χ0v) is 19.2. The summed E-state index contributed by atoms with van der Waals surface area (Å²) in [6.45, 7) is 12.3. The molecule has 1 amide bonds. The number of likely N-dealkylation sites (N-methyl/N-ethyl adjacent to an activating group) is 1. The minimum absolute atomic E-state index is 0.275. The number of hydrogen-bond acceptors (Lipinski definition) is 3. The van der Waals surface area contributed by atoms with Crippen LogP contribution in [0.1, 0.15) is 23.6 Å². The minimum Gasteiger partial charge on any atom is -0.378 e. The van der Waals surface area contributed by atoms with E-state index in [1.807, 2.05) is 4.90 Å². The zero-order valence-electron chi connectivity index (χ0n) is 19.2. The summed E-state index contributed by atoms with van der Waals surface area (Å²) >= 11 is 0. The third-order valence-electron chi connectivity index (χ3n) is 6.36. The summed E-state index contributed by atoms with van der Waals surface area (Å²) in [5.41, 5.74) is 6.47. The number of nitrogens with one attached hydrogen (secondary N) is 1. The van der Waals surface area contributed by atoms with Crippen LogP contribution in [0.2, 0.25) is 0 Å². The third kappa shape index (κ3) is 5.33. The molecule has 0 bridgehead atoms. The number of benzene rings is 2. The molecular formula is C25H37N4O+. The van der Waals surface area contributed by atoms with Gasteiger partial charge in [-0.3, -0.25) is 4.79 Å². The number of amides is 1. The van der Waals surface area contributed by atoms with Gasteiger partial charge in [0.15, 0.2) is 6.54 Å². The predicted octanol–water partition coefficient (Wildman–Crippen LogP) is 2.12. The number of carbonyl (C=O) groups excluding carboxylic acids is 1. The van der Waals surface area contributed by atoms with Crippen molar-refractivity contribution in [3.05, 3.63) is 59.2 Å². The van der Waals surface area contributed by atoms with Crippen molar-refractivity contribution < 1.29 is 9.69 Å². The lowest BCUT2D eigenvalue weighted by atomic mass is 10.1. The van der Waals surface area contributed by atoms with E-state index in [9.17, 15) is 4.79 Å². The van der Waals surface area contributed by atoms with Gasteiger partial charge >= 0.3 is 0 Å². The fourth-order valence-corrected chi connectivity index (χ4v) is 4.11. The number of nitrogens with zero attached hydrogens (tertiary/aromatic N) is 3. The molecule has 1 unspecified atom stereocenters. The molecule has 1 aliphatic rings. The fourth-order valence-electron chi connectivity index (χ4n) is 4.11. The number of anilines is 2. The van der Waals surface area contributed by atoms with E-state index in [1.54, 1.807) is 0 Å². The fraction of sp³-hybridized carbons (Fsp3) is 0.480. The predicted molar refractivity (Wildman–Crippen MR) is 126 cm³/mol. The third-order valence-corrected chi connectivity index (χ3v) is 6.36. The maximum absolute atomic E-state index is 12.9. The maximum atomic E-state index is 12.9. The van der Waals surface area contributed by atoms with Crippen LogP contribution in [0.25, 0.3) is 0 Å². The number of aryl methyl sites for hydroxylation is 1. The van der Waals surface area contributed by atoms with Crippen LogP contribution in [0, 0.1) is 13.8 Å². The van der Waals surface area contributed by atoms with Crippen molar-refractivity contribution in [2.45, 2.75) is 27.3 Å². The Bertz CT molecular complexity index is 839. The molecule has 2 aromatic carbocycles. The number of hydrogen-bond donors (Lipinski definition) is 1. The van der Waals surface area contributed by atoms with E-state index in [1.165, 1.54) is 33.0 Å². The summed E-state index contributed by atoms with van der Waals surface area (Å²) < 4.78 is 0. The molecule has 0 aromatic heterocycles. The Morgan fingerprint density at radius 1 is 1.00 bits per heavy atom. The van der Waals surface area contributed by atoms with Gasteiger partial charge in [0, 0.05) is 57.2 Å². The van der Waals surface area contributed by atoms with Crippen molar-refractivity contribution in [1.29, 1.82) is 0 Å². The van der Waals surface area contributed by atoms with Gasteiger partial charge in [0.2, 0.25) is 0 Å². The highest BCUT2D eigenvalue weighted by Gasteiger charge is 2.25. The van der Waals surface area contributed by atoms with E-state index < -0.39 is 0 Å². The van der Waals surface area contributed by atoms with Crippen molar-refractivity contribution in [3.63, 3.8) is 0 Å². The number of carbonyl (C=O) groups is 1. The molecule has 1 aliphatic heterocycles. The SMILES string of the molecule is CC[NH+](CC(=O)N1CCN(c2cccc(C)c2C)CC1)Cc1ccc(N(C)C)cc1. The summed E-state index contributed by atoms with van der Waals surface area (Å²) in [7, 11) is 4.11. The molecule has 30 heavy (non-hydrogen) atoms. The zero-order chi connectivity index (χ0) is 21.7. The first-order valence-electron chi connectivity index (χ1n) is 11.1. The Hall–Kier alpha value is -2.53. The number of rotatable bonds is 7. The van der Waals surface area contributed by atoms with Gasteiger partial charge in [-0.1, -0.05) is 24.3 Å². The highest BCUT2D eigenvalue weighted by atomic mass is 16.2. The van der Waals surface area contributed by atoms with Gasteiger partial charge in [-0.15, -0.1) is 0 Å². The molecule has 0 spiro atoms. The average Bonchev–Trinajstić information content (AvgIpc) is 2.75.